The molecule has 0 bridgehead atoms. The van der Waals surface area contributed by atoms with Crippen molar-refractivity contribution in [3.05, 3.63) is 69.8 Å². The lowest BCUT2D eigenvalue weighted by atomic mass is 10.1. The van der Waals surface area contributed by atoms with Gasteiger partial charge in [-0.3, -0.25) is 14.9 Å². The van der Waals surface area contributed by atoms with Gasteiger partial charge in [-0.25, -0.2) is 0 Å². The summed E-state index contributed by atoms with van der Waals surface area (Å²) in [4.78, 5) is 22.3. The summed E-state index contributed by atoms with van der Waals surface area (Å²) < 4.78 is 0. The highest BCUT2D eigenvalue weighted by molar-refractivity contribution is 8.00. The molecule has 0 aromatic heterocycles. The molecule has 1 amide bonds. The van der Waals surface area contributed by atoms with E-state index in [4.69, 9.17) is 23.2 Å². The smallest absolute Gasteiger partial charge is 0.269 e. The number of rotatable bonds is 6. The Labute approximate surface area is 153 Å². The summed E-state index contributed by atoms with van der Waals surface area (Å²) in [5.74, 6) is -0.291. The van der Waals surface area contributed by atoms with E-state index in [9.17, 15) is 14.9 Å². The minimum atomic E-state index is -0.848. The third-order valence-electron chi connectivity index (χ3n) is 3.13. The SMILES string of the molecule is Cc1ccc(C(=O)NC(Sc2ccc([N+](=O)[O-])cc2)C(Cl)Cl)cc1. The van der Waals surface area contributed by atoms with E-state index in [1.807, 2.05) is 19.1 Å². The molecule has 0 spiro atoms. The molecule has 0 saturated heterocycles. The fourth-order valence-corrected chi connectivity index (χ4v) is 3.14. The van der Waals surface area contributed by atoms with Gasteiger partial charge in [-0.05, 0) is 31.2 Å². The number of carbonyl (C=O) groups is 1. The number of alkyl halides is 2. The van der Waals surface area contributed by atoms with Crippen molar-refractivity contribution in [2.75, 3.05) is 0 Å². The minimum Gasteiger partial charge on any atom is -0.337 e. The lowest BCUT2D eigenvalue weighted by molar-refractivity contribution is -0.384. The highest BCUT2D eigenvalue weighted by Gasteiger charge is 2.22. The first-order valence-electron chi connectivity index (χ1n) is 6.93. The molecule has 0 saturated carbocycles. The van der Waals surface area contributed by atoms with Crippen molar-refractivity contribution >= 4 is 46.6 Å². The van der Waals surface area contributed by atoms with Crippen LogP contribution in [0.25, 0.3) is 0 Å². The molecule has 0 radical (unpaired) electrons. The van der Waals surface area contributed by atoms with Gasteiger partial charge in [0.15, 0.2) is 0 Å². The number of carbonyl (C=O) groups excluding carboxylic acids is 1. The van der Waals surface area contributed by atoms with E-state index in [0.29, 0.717) is 10.5 Å². The zero-order valence-corrected chi connectivity index (χ0v) is 14.9. The first-order valence-corrected chi connectivity index (χ1v) is 8.69. The van der Waals surface area contributed by atoms with E-state index in [-0.39, 0.29) is 11.6 Å². The van der Waals surface area contributed by atoms with Gasteiger partial charge in [-0.1, -0.05) is 29.5 Å². The van der Waals surface area contributed by atoms with Crippen molar-refractivity contribution in [1.29, 1.82) is 0 Å². The quantitative estimate of drug-likeness (QED) is 0.260. The fourth-order valence-electron chi connectivity index (χ4n) is 1.85. The molecule has 126 valence electrons. The summed E-state index contributed by atoms with van der Waals surface area (Å²) in [5, 5.41) is 12.8. The number of benzene rings is 2. The Morgan fingerprint density at radius 1 is 1.12 bits per heavy atom. The first kappa shape index (κ1) is 18.6. The molecule has 0 heterocycles. The number of thioether (sulfide) groups is 1. The maximum Gasteiger partial charge on any atom is 0.269 e. The Morgan fingerprint density at radius 3 is 2.21 bits per heavy atom. The largest absolute Gasteiger partial charge is 0.337 e. The van der Waals surface area contributed by atoms with Crippen LogP contribution in [0, 0.1) is 17.0 Å². The van der Waals surface area contributed by atoms with Crippen LogP contribution in [-0.4, -0.2) is 21.0 Å². The maximum atomic E-state index is 12.3. The van der Waals surface area contributed by atoms with Crippen LogP contribution in [0.4, 0.5) is 5.69 Å². The highest BCUT2D eigenvalue weighted by atomic mass is 35.5. The number of nitro groups is 1. The van der Waals surface area contributed by atoms with E-state index in [1.165, 1.54) is 23.9 Å². The van der Waals surface area contributed by atoms with Gasteiger partial charge in [0.05, 0.1) is 4.92 Å². The topological polar surface area (TPSA) is 72.2 Å². The number of nitro benzene ring substituents is 1. The van der Waals surface area contributed by atoms with Crippen molar-refractivity contribution < 1.29 is 9.72 Å². The summed E-state index contributed by atoms with van der Waals surface area (Å²) >= 11 is 13.1. The minimum absolute atomic E-state index is 0.00659. The van der Waals surface area contributed by atoms with Crippen LogP contribution in [0.3, 0.4) is 0 Å². The third kappa shape index (κ3) is 5.12. The van der Waals surface area contributed by atoms with Crippen LogP contribution in [0.2, 0.25) is 0 Å². The zero-order valence-electron chi connectivity index (χ0n) is 12.6. The van der Waals surface area contributed by atoms with Crippen molar-refractivity contribution in [3.8, 4) is 0 Å². The van der Waals surface area contributed by atoms with Gasteiger partial charge in [0, 0.05) is 22.6 Å². The van der Waals surface area contributed by atoms with Crippen molar-refractivity contribution in [3.63, 3.8) is 0 Å². The molecular weight excluding hydrogens is 371 g/mol. The number of hydrogen-bond donors (Lipinski definition) is 1. The second kappa shape index (κ2) is 8.37. The average molecular weight is 385 g/mol. The number of nitrogens with one attached hydrogen (secondary N) is 1. The number of nitrogens with zero attached hydrogens (tertiary/aromatic N) is 1. The average Bonchev–Trinajstić information content (AvgIpc) is 2.55. The van der Waals surface area contributed by atoms with Crippen LogP contribution >= 0.6 is 35.0 Å². The molecule has 0 aliphatic carbocycles. The standard InChI is InChI=1S/C16H14Cl2N2O3S/c1-10-2-4-11(5-3-10)15(21)19-16(14(17)18)24-13-8-6-12(7-9-13)20(22)23/h2-9,14,16H,1H3,(H,19,21). The Morgan fingerprint density at radius 2 is 1.71 bits per heavy atom. The lowest BCUT2D eigenvalue weighted by Crippen LogP contribution is -2.36. The van der Waals surface area contributed by atoms with E-state index in [0.717, 1.165) is 5.56 Å². The molecule has 1 N–H and O–H groups in total. The van der Waals surface area contributed by atoms with Gasteiger partial charge < -0.3 is 5.32 Å². The fraction of sp³-hybridized carbons (Fsp3) is 0.188. The first-order chi connectivity index (χ1) is 11.4. The number of amides is 1. The van der Waals surface area contributed by atoms with Crippen LogP contribution in [-0.2, 0) is 0 Å². The van der Waals surface area contributed by atoms with Gasteiger partial charge in [0.25, 0.3) is 11.6 Å². The van der Waals surface area contributed by atoms with Gasteiger partial charge >= 0.3 is 0 Å². The zero-order chi connectivity index (χ0) is 17.7. The van der Waals surface area contributed by atoms with Gasteiger partial charge in [0.1, 0.15) is 10.2 Å². The summed E-state index contributed by atoms with van der Waals surface area (Å²) in [6, 6.07) is 13.1. The molecule has 5 nitrogen and oxygen atoms in total. The second-order valence-corrected chi connectivity index (χ2v) is 7.34. The number of aryl methyl sites for hydroxylation is 1. The molecular formula is C16H14Cl2N2O3S. The summed E-state index contributed by atoms with van der Waals surface area (Å²) in [6.07, 6.45) is 0. The molecule has 1 unspecified atom stereocenters. The number of halogens is 2. The molecule has 0 fully saturated rings. The van der Waals surface area contributed by atoms with Gasteiger partial charge in [0.2, 0.25) is 0 Å². The molecule has 1 atom stereocenters. The van der Waals surface area contributed by atoms with Crippen molar-refractivity contribution in [1.82, 2.24) is 5.32 Å². The Hall–Kier alpha value is -1.76. The van der Waals surface area contributed by atoms with Gasteiger partial charge in [-0.2, -0.15) is 0 Å². The van der Waals surface area contributed by atoms with Crippen LogP contribution in [0.15, 0.2) is 53.4 Å². The highest BCUT2D eigenvalue weighted by Crippen LogP contribution is 2.29. The molecule has 2 aromatic carbocycles. The monoisotopic (exact) mass is 384 g/mol. The molecule has 2 aromatic rings. The molecule has 2 rings (SSSR count). The molecule has 0 aliphatic heterocycles. The van der Waals surface area contributed by atoms with Crippen molar-refractivity contribution in [2.45, 2.75) is 22.0 Å². The predicted molar refractivity (Wildman–Crippen MR) is 96.9 cm³/mol. The van der Waals surface area contributed by atoms with Crippen LogP contribution in [0.1, 0.15) is 15.9 Å². The van der Waals surface area contributed by atoms with E-state index in [2.05, 4.69) is 5.32 Å². The summed E-state index contributed by atoms with van der Waals surface area (Å²) in [7, 11) is 0. The second-order valence-electron chi connectivity index (χ2n) is 4.96. The number of non-ortho nitro benzene ring substituents is 1. The Balaban J connectivity index is 2.07. The summed E-state index contributed by atoms with van der Waals surface area (Å²) in [5.41, 5.74) is 1.55. The van der Waals surface area contributed by atoms with Gasteiger partial charge in [-0.15, -0.1) is 23.2 Å². The van der Waals surface area contributed by atoms with Crippen LogP contribution in [0.5, 0.6) is 0 Å². The van der Waals surface area contributed by atoms with E-state index >= 15 is 0 Å². The maximum absolute atomic E-state index is 12.3. The normalized spacial score (nSPS) is 12.0. The predicted octanol–water partition coefficient (Wildman–Crippen LogP) is 4.56. The lowest BCUT2D eigenvalue weighted by Gasteiger charge is -2.19. The molecule has 0 aliphatic rings. The van der Waals surface area contributed by atoms with E-state index < -0.39 is 15.1 Å². The molecule has 24 heavy (non-hydrogen) atoms. The molecule has 8 heteroatoms. The van der Waals surface area contributed by atoms with E-state index in [1.54, 1.807) is 24.3 Å². The Kier molecular flexibility index (Phi) is 6.48. The Bertz CT molecular complexity index is 721. The van der Waals surface area contributed by atoms with Crippen LogP contribution < -0.4 is 5.32 Å². The third-order valence-corrected chi connectivity index (χ3v) is 5.12. The van der Waals surface area contributed by atoms with Crippen molar-refractivity contribution in [2.24, 2.45) is 0 Å². The number of hydrogen-bond acceptors (Lipinski definition) is 4. The summed E-state index contributed by atoms with van der Waals surface area (Å²) in [6.45, 7) is 1.93.